The van der Waals surface area contributed by atoms with Crippen LogP contribution in [0.15, 0.2) is 57.5 Å². The summed E-state index contributed by atoms with van der Waals surface area (Å²) >= 11 is 0. The normalized spacial score (nSPS) is 11.1. The standard InChI is InChI=1S/C19H13F2N5O3/c20-15(21)19-25-24-18(28-19)11-6-4-10(5-7-11)8-14-23-17(29-26-14)13-3-1-2-12(9-13)16(22)27/h1-7,9,15H,8H2,(H2,22,27). The lowest BCUT2D eigenvalue weighted by Crippen LogP contribution is -2.10. The number of primary amides is 1. The number of benzene rings is 2. The number of carbonyl (C=O) groups excluding carboxylic acids is 1. The molecule has 1 amide bonds. The molecule has 2 N–H and O–H groups in total. The van der Waals surface area contributed by atoms with Crippen molar-refractivity contribution < 1.29 is 22.5 Å². The van der Waals surface area contributed by atoms with Crippen molar-refractivity contribution in [2.75, 3.05) is 0 Å². The Labute approximate surface area is 162 Å². The molecule has 0 aliphatic heterocycles. The molecular formula is C19H13F2N5O3. The number of hydrogen-bond donors (Lipinski definition) is 1. The molecule has 8 nitrogen and oxygen atoms in total. The van der Waals surface area contributed by atoms with Gasteiger partial charge in [0.1, 0.15) is 0 Å². The maximum Gasteiger partial charge on any atom is 0.314 e. The predicted octanol–water partition coefficient (Wildman–Crippen LogP) is 3.41. The largest absolute Gasteiger partial charge is 0.415 e. The quantitative estimate of drug-likeness (QED) is 0.529. The molecule has 10 heteroatoms. The minimum Gasteiger partial charge on any atom is -0.415 e. The van der Waals surface area contributed by atoms with Crippen molar-refractivity contribution in [2.24, 2.45) is 5.73 Å². The fraction of sp³-hybridized carbons (Fsp3) is 0.105. The Morgan fingerprint density at radius 1 is 1.03 bits per heavy atom. The number of amides is 1. The summed E-state index contributed by atoms with van der Waals surface area (Å²) in [7, 11) is 0. The van der Waals surface area contributed by atoms with Crippen LogP contribution >= 0.6 is 0 Å². The molecule has 2 heterocycles. The number of nitrogens with two attached hydrogens (primary N) is 1. The van der Waals surface area contributed by atoms with E-state index >= 15 is 0 Å². The van der Waals surface area contributed by atoms with E-state index in [9.17, 15) is 13.6 Å². The first-order valence-corrected chi connectivity index (χ1v) is 8.43. The van der Waals surface area contributed by atoms with Gasteiger partial charge in [-0.3, -0.25) is 4.79 Å². The van der Waals surface area contributed by atoms with Gasteiger partial charge in [0.05, 0.1) is 0 Å². The molecule has 4 rings (SSSR count). The Morgan fingerprint density at radius 2 is 1.83 bits per heavy atom. The van der Waals surface area contributed by atoms with Crippen LogP contribution in [0.4, 0.5) is 8.78 Å². The monoisotopic (exact) mass is 397 g/mol. The molecule has 0 fully saturated rings. The molecular weight excluding hydrogens is 384 g/mol. The summed E-state index contributed by atoms with van der Waals surface area (Å²) in [4.78, 5) is 15.6. The van der Waals surface area contributed by atoms with Crippen molar-refractivity contribution >= 4 is 5.91 Å². The van der Waals surface area contributed by atoms with Crippen molar-refractivity contribution in [3.05, 3.63) is 71.4 Å². The van der Waals surface area contributed by atoms with Gasteiger partial charge in [0.25, 0.3) is 11.8 Å². The van der Waals surface area contributed by atoms with Gasteiger partial charge in [0.15, 0.2) is 5.82 Å². The number of aromatic nitrogens is 4. The second kappa shape index (κ2) is 7.58. The van der Waals surface area contributed by atoms with Gasteiger partial charge in [0, 0.05) is 23.1 Å². The SMILES string of the molecule is NC(=O)c1cccc(-c2nc(Cc3ccc(-c4nnc(C(F)F)o4)cc3)no2)c1. The number of halogens is 2. The first-order chi connectivity index (χ1) is 14.0. The highest BCUT2D eigenvalue weighted by Crippen LogP contribution is 2.24. The Hall–Kier alpha value is -3.95. The molecule has 2 aromatic heterocycles. The summed E-state index contributed by atoms with van der Waals surface area (Å²) in [6.45, 7) is 0. The number of nitrogens with zero attached hydrogens (tertiary/aromatic N) is 4. The van der Waals surface area contributed by atoms with Gasteiger partial charge in [-0.1, -0.05) is 23.4 Å². The lowest BCUT2D eigenvalue weighted by molar-refractivity contribution is 0.1000. The molecule has 0 saturated heterocycles. The van der Waals surface area contributed by atoms with E-state index in [1.807, 2.05) is 0 Å². The second-order valence-corrected chi connectivity index (χ2v) is 6.08. The van der Waals surface area contributed by atoms with Crippen molar-refractivity contribution in [3.63, 3.8) is 0 Å². The smallest absolute Gasteiger partial charge is 0.314 e. The zero-order valence-corrected chi connectivity index (χ0v) is 14.8. The van der Waals surface area contributed by atoms with Crippen LogP contribution in [0.5, 0.6) is 0 Å². The minimum atomic E-state index is -2.81. The van der Waals surface area contributed by atoms with Gasteiger partial charge >= 0.3 is 6.43 Å². The topological polar surface area (TPSA) is 121 Å². The number of alkyl halides is 2. The third-order valence-corrected chi connectivity index (χ3v) is 4.05. The van der Waals surface area contributed by atoms with Crippen molar-refractivity contribution in [1.82, 2.24) is 20.3 Å². The minimum absolute atomic E-state index is 0.0167. The summed E-state index contributed by atoms with van der Waals surface area (Å²) < 4.78 is 35.3. The lowest BCUT2D eigenvalue weighted by Gasteiger charge is -1.99. The van der Waals surface area contributed by atoms with Crippen LogP contribution in [-0.2, 0) is 6.42 Å². The van der Waals surface area contributed by atoms with E-state index in [0.717, 1.165) is 5.56 Å². The summed E-state index contributed by atoms with van der Waals surface area (Å²) in [5, 5.41) is 10.9. The van der Waals surface area contributed by atoms with E-state index in [0.29, 0.717) is 28.9 Å². The van der Waals surface area contributed by atoms with E-state index in [1.54, 1.807) is 48.5 Å². The third-order valence-electron chi connectivity index (χ3n) is 4.05. The molecule has 0 unspecified atom stereocenters. The van der Waals surface area contributed by atoms with Crippen molar-refractivity contribution in [3.8, 4) is 22.9 Å². The van der Waals surface area contributed by atoms with Gasteiger partial charge in [0.2, 0.25) is 11.8 Å². The molecule has 2 aromatic carbocycles. The first-order valence-electron chi connectivity index (χ1n) is 8.43. The van der Waals surface area contributed by atoms with Gasteiger partial charge in [-0.15, -0.1) is 10.2 Å². The maximum absolute atomic E-state index is 12.5. The average molecular weight is 397 g/mol. The van der Waals surface area contributed by atoms with Gasteiger partial charge in [-0.05, 0) is 35.9 Å². The Morgan fingerprint density at radius 3 is 2.52 bits per heavy atom. The predicted molar refractivity (Wildman–Crippen MR) is 95.7 cm³/mol. The molecule has 4 aromatic rings. The van der Waals surface area contributed by atoms with Crippen LogP contribution in [0.1, 0.15) is 34.1 Å². The lowest BCUT2D eigenvalue weighted by atomic mass is 10.1. The molecule has 29 heavy (non-hydrogen) atoms. The Kier molecular flexibility index (Phi) is 4.82. The van der Waals surface area contributed by atoms with E-state index in [2.05, 4.69) is 20.3 Å². The zero-order chi connectivity index (χ0) is 20.4. The average Bonchev–Trinajstić information content (AvgIpc) is 3.39. The first kappa shape index (κ1) is 18.4. The maximum atomic E-state index is 12.5. The molecule has 0 radical (unpaired) electrons. The van der Waals surface area contributed by atoms with Gasteiger partial charge in [-0.2, -0.15) is 13.8 Å². The van der Waals surface area contributed by atoms with Crippen LogP contribution in [0.3, 0.4) is 0 Å². The van der Waals surface area contributed by atoms with Crippen LogP contribution in [0.2, 0.25) is 0 Å². The molecule has 146 valence electrons. The van der Waals surface area contributed by atoms with E-state index in [1.165, 1.54) is 0 Å². The van der Waals surface area contributed by atoms with Crippen LogP contribution in [0.25, 0.3) is 22.9 Å². The molecule has 0 bridgehead atoms. The summed E-state index contributed by atoms with van der Waals surface area (Å²) in [5.41, 5.74) is 7.59. The van der Waals surface area contributed by atoms with Crippen molar-refractivity contribution in [2.45, 2.75) is 12.8 Å². The zero-order valence-electron chi connectivity index (χ0n) is 14.8. The van der Waals surface area contributed by atoms with E-state index in [-0.39, 0.29) is 11.8 Å². The Bertz CT molecular complexity index is 1150. The third kappa shape index (κ3) is 4.00. The fourth-order valence-electron chi connectivity index (χ4n) is 2.64. The van der Waals surface area contributed by atoms with Crippen LogP contribution in [0, 0.1) is 0 Å². The van der Waals surface area contributed by atoms with E-state index in [4.69, 9.17) is 14.7 Å². The van der Waals surface area contributed by atoms with Gasteiger partial charge in [-0.25, -0.2) is 0 Å². The molecule has 0 spiro atoms. The van der Waals surface area contributed by atoms with Crippen LogP contribution in [-0.4, -0.2) is 26.2 Å². The highest BCUT2D eigenvalue weighted by molar-refractivity contribution is 5.93. The number of rotatable bonds is 6. The van der Waals surface area contributed by atoms with E-state index < -0.39 is 18.2 Å². The summed E-state index contributed by atoms with van der Waals surface area (Å²) in [5.74, 6) is -0.541. The highest BCUT2D eigenvalue weighted by atomic mass is 19.3. The summed E-state index contributed by atoms with van der Waals surface area (Å²) in [6.07, 6.45) is -2.43. The number of hydrogen-bond acceptors (Lipinski definition) is 7. The molecule has 0 aliphatic carbocycles. The second-order valence-electron chi connectivity index (χ2n) is 6.08. The van der Waals surface area contributed by atoms with Crippen LogP contribution < -0.4 is 5.73 Å². The highest BCUT2D eigenvalue weighted by Gasteiger charge is 2.17. The fourth-order valence-corrected chi connectivity index (χ4v) is 2.64. The molecule has 0 aliphatic rings. The Balaban J connectivity index is 1.49. The van der Waals surface area contributed by atoms with Gasteiger partial charge < -0.3 is 14.7 Å². The molecule has 0 atom stereocenters. The molecule has 0 saturated carbocycles. The summed E-state index contributed by atoms with van der Waals surface area (Å²) in [6, 6.07) is 13.5. The number of carbonyl (C=O) groups is 1. The van der Waals surface area contributed by atoms with Crippen molar-refractivity contribution in [1.29, 1.82) is 0 Å².